The Morgan fingerprint density at radius 1 is 0.880 bits per heavy atom. The van der Waals surface area contributed by atoms with E-state index in [1.165, 1.54) is 19.3 Å². The lowest BCUT2D eigenvalue weighted by molar-refractivity contribution is 0.00609. The molecule has 0 aliphatic carbocycles. The van der Waals surface area contributed by atoms with Crippen LogP contribution in [0.2, 0.25) is 0 Å². The van der Waals surface area contributed by atoms with E-state index in [4.69, 9.17) is 0 Å². The zero-order valence-corrected chi connectivity index (χ0v) is 17.8. The summed E-state index contributed by atoms with van der Waals surface area (Å²) in [5.41, 5.74) is -0.477. The zero-order valence-electron chi connectivity index (χ0n) is 17.8. The highest BCUT2D eigenvalue weighted by atomic mass is 16.3. The Bertz CT molecular complexity index is 371. The van der Waals surface area contributed by atoms with Crippen LogP contribution >= 0.6 is 0 Å². The van der Waals surface area contributed by atoms with Crippen molar-refractivity contribution in [3.63, 3.8) is 0 Å². The Morgan fingerprint density at radius 3 is 1.96 bits per heavy atom. The fourth-order valence-electron chi connectivity index (χ4n) is 4.31. The van der Waals surface area contributed by atoms with Crippen molar-refractivity contribution in [3.8, 4) is 0 Å². The van der Waals surface area contributed by atoms with Crippen LogP contribution in [0.3, 0.4) is 0 Å². The summed E-state index contributed by atoms with van der Waals surface area (Å²) in [4.78, 5) is 4.81. The van der Waals surface area contributed by atoms with Gasteiger partial charge in [0, 0.05) is 37.3 Å². The molecule has 150 valence electrons. The van der Waals surface area contributed by atoms with E-state index in [2.05, 4.69) is 51.3 Å². The molecule has 2 N–H and O–H groups in total. The highest BCUT2D eigenvalue weighted by molar-refractivity contribution is 4.85. The van der Waals surface area contributed by atoms with Crippen molar-refractivity contribution in [2.75, 3.05) is 13.1 Å². The lowest BCUT2D eigenvalue weighted by atomic mass is 10.0. The van der Waals surface area contributed by atoms with Crippen LogP contribution in [-0.2, 0) is 0 Å². The molecule has 25 heavy (non-hydrogen) atoms. The average molecular weight is 357 g/mol. The van der Waals surface area contributed by atoms with E-state index in [0.717, 1.165) is 32.4 Å². The quantitative estimate of drug-likeness (QED) is 0.793. The molecule has 2 rings (SSSR count). The summed E-state index contributed by atoms with van der Waals surface area (Å²) < 4.78 is 0. The summed E-state index contributed by atoms with van der Waals surface area (Å²) in [6.07, 6.45) is 6.60. The van der Waals surface area contributed by atoms with E-state index in [1.54, 1.807) is 0 Å². The van der Waals surface area contributed by atoms with Crippen LogP contribution in [0.15, 0.2) is 0 Å². The van der Waals surface area contributed by atoms with Crippen LogP contribution in [0.25, 0.3) is 0 Å². The third-order valence-electron chi connectivity index (χ3n) is 5.90. The maximum Gasteiger partial charge on any atom is 0.0746 e. The molecule has 0 aromatic heterocycles. The number of hydrogen-bond donors (Lipinski definition) is 2. The summed E-state index contributed by atoms with van der Waals surface area (Å²) in [5.74, 6) is 0. The predicted octanol–water partition coefficient (Wildman–Crippen LogP) is 3.65. The second-order valence-electron chi connectivity index (χ2n) is 9.23. The van der Waals surface area contributed by atoms with E-state index >= 15 is 0 Å². The van der Waals surface area contributed by atoms with Crippen LogP contribution in [0.4, 0.5) is 0 Å². The topological polar surface area (TPSA) is 46.9 Å². The van der Waals surface area contributed by atoms with E-state index < -0.39 is 5.60 Å². The van der Waals surface area contributed by atoms with Gasteiger partial charge in [-0.25, -0.2) is 0 Å². The molecular formula is C21H44N2O2. The Labute approximate surface area is 156 Å². The average Bonchev–Trinajstić information content (AvgIpc) is 2.74. The molecule has 0 amide bonds. The van der Waals surface area contributed by atoms with Gasteiger partial charge in [0.25, 0.3) is 0 Å². The van der Waals surface area contributed by atoms with Gasteiger partial charge in [-0.2, -0.15) is 0 Å². The van der Waals surface area contributed by atoms with Crippen molar-refractivity contribution >= 4 is 0 Å². The van der Waals surface area contributed by atoms with Gasteiger partial charge in [0.05, 0.1) is 11.7 Å². The van der Waals surface area contributed by atoms with Crippen LogP contribution in [0, 0.1) is 0 Å². The van der Waals surface area contributed by atoms with E-state index in [9.17, 15) is 10.2 Å². The van der Waals surface area contributed by atoms with Gasteiger partial charge in [0.15, 0.2) is 0 Å². The molecule has 2 aliphatic rings. The molecule has 2 fully saturated rings. The number of hydrogen-bond acceptors (Lipinski definition) is 4. The van der Waals surface area contributed by atoms with Gasteiger partial charge in [0.1, 0.15) is 0 Å². The molecule has 0 radical (unpaired) electrons. The predicted molar refractivity (Wildman–Crippen MR) is 107 cm³/mol. The molecule has 0 saturated carbocycles. The smallest absolute Gasteiger partial charge is 0.0746 e. The minimum Gasteiger partial charge on any atom is -0.392 e. The monoisotopic (exact) mass is 356 g/mol. The number of aliphatic hydroxyl groups excluding tert-OH is 1. The Morgan fingerprint density at radius 2 is 1.40 bits per heavy atom. The SMILES string of the molecule is CC(C)N1CC(C)(O)CCCC1C.CC(C)N1CC(O)CCCC1C. The van der Waals surface area contributed by atoms with Crippen LogP contribution in [0.1, 0.15) is 87.0 Å². The van der Waals surface area contributed by atoms with E-state index in [-0.39, 0.29) is 6.10 Å². The molecule has 0 bridgehead atoms. The molecule has 4 nitrogen and oxygen atoms in total. The number of aliphatic hydroxyl groups is 2. The molecule has 4 unspecified atom stereocenters. The molecular weight excluding hydrogens is 312 g/mol. The summed E-state index contributed by atoms with van der Waals surface area (Å²) in [7, 11) is 0. The number of β-amino-alcohol motifs (C(OH)–C–C–N with tert-alkyl or cyclic N) is 2. The van der Waals surface area contributed by atoms with Gasteiger partial charge >= 0.3 is 0 Å². The highest BCUT2D eigenvalue weighted by Crippen LogP contribution is 2.25. The summed E-state index contributed by atoms with van der Waals surface area (Å²) in [6.45, 7) is 17.0. The van der Waals surface area contributed by atoms with E-state index in [0.29, 0.717) is 24.2 Å². The summed E-state index contributed by atoms with van der Waals surface area (Å²) in [6, 6.07) is 2.36. The highest BCUT2D eigenvalue weighted by Gasteiger charge is 2.31. The van der Waals surface area contributed by atoms with Crippen molar-refractivity contribution in [1.29, 1.82) is 0 Å². The standard InChI is InChI=1S/C11H23NO.C10H21NO/c1-9(2)12-8-11(4,13)7-5-6-10(12)3;1-8(2)11-7-10(12)6-4-5-9(11)3/h9-10,13H,5-8H2,1-4H3;8-10,12H,4-7H2,1-3H3. The lowest BCUT2D eigenvalue weighted by Gasteiger charge is -2.35. The summed E-state index contributed by atoms with van der Waals surface area (Å²) in [5, 5.41) is 19.6. The normalized spacial score (nSPS) is 35.9. The third kappa shape index (κ3) is 7.94. The van der Waals surface area contributed by atoms with Crippen LogP contribution in [-0.4, -0.2) is 69.0 Å². The third-order valence-corrected chi connectivity index (χ3v) is 5.90. The van der Waals surface area contributed by atoms with Gasteiger partial charge in [-0.3, -0.25) is 9.80 Å². The first-order chi connectivity index (χ1) is 11.5. The lowest BCUT2D eigenvalue weighted by Crippen LogP contribution is -2.45. The second kappa shape index (κ2) is 10.2. The molecule has 2 aliphatic heterocycles. The molecule has 4 atom stereocenters. The van der Waals surface area contributed by atoms with Gasteiger partial charge in [-0.1, -0.05) is 0 Å². The summed E-state index contributed by atoms with van der Waals surface area (Å²) >= 11 is 0. The Balaban J connectivity index is 0.000000251. The maximum absolute atomic E-state index is 10.0. The first-order valence-corrected chi connectivity index (χ1v) is 10.5. The van der Waals surface area contributed by atoms with E-state index in [1.807, 2.05) is 6.92 Å². The van der Waals surface area contributed by atoms with Crippen LogP contribution < -0.4 is 0 Å². The van der Waals surface area contributed by atoms with Crippen LogP contribution in [0.5, 0.6) is 0 Å². The van der Waals surface area contributed by atoms with Gasteiger partial charge < -0.3 is 10.2 Å². The first kappa shape index (κ1) is 22.9. The molecule has 4 heteroatoms. The molecule has 2 heterocycles. The Kier molecular flexibility index (Phi) is 9.38. The van der Waals surface area contributed by atoms with Gasteiger partial charge in [0.2, 0.25) is 0 Å². The molecule has 2 saturated heterocycles. The fraction of sp³-hybridized carbons (Fsp3) is 1.00. The number of likely N-dealkylation sites (tertiary alicyclic amines) is 2. The second-order valence-corrected chi connectivity index (χ2v) is 9.23. The number of nitrogens with zero attached hydrogens (tertiary/aromatic N) is 2. The van der Waals surface area contributed by atoms with Gasteiger partial charge in [-0.15, -0.1) is 0 Å². The fourth-order valence-corrected chi connectivity index (χ4v) is 4.31. The molecule has 0 aromatic rings. The molecule has 0 spiro atoms. The minimum atomic E-state index is -0.477. The van der Waals surface area contributed by atoms with Crippen molar-refractivity contribution in [3.05, 3.63) is 0 Å². The van der Waals surface area contributed by atoms with Crippen molar-refractivity contribution < 1.29 is 10.2 Å². The van der Waals surface area contributed by atoms with Gasteiger partial charge in [-0.05, 0) is 87.0 Å². The Hall–Kier alpha value is -0.160. The van der Waals surface area contributed by atoms with Crippen molar-refractivity contribution in [2.24, 2.45) is 0 Å². The zero-order chi connectivity index (χ0) is 19.2. The van der Waals surface area contributed by atoms with Crippen molar-refractivity contribution in [1.82, 2.24) is 9.80 Å². The number of rotatable bonds is 2. The largest absolute Gasteiger partial charge is 0.392 e. The maximum atomic E-state index is 10.0. The van der Waals surface area contributed by atoms with Crippen molar-refractivity contribution in [2.45, 2.75) is 123 Å². The first-order valence-electron chi connectivity index (χ1n) is 10.5. The molecule has 0 aromatic carbocycles. The minimum absolute atomic E-state index is 0.0997.